The van der Waals surface area contributed by atoms with Crippen LogP contribution in [0.15, 0.2) is 48.5 Å². The van der Waals surface area contributed by atoms with Crippen molar-refractivity contribution in [2.75, 3.05) is 38.2 Å². The van der Waals surface area contributed by atoms with E-state index < -0.39 is 0 Å². The Kier molecular flexibility index (Phi) is 4.64. The molecule has 0 aromatic heterocycles. The maximum absolute atomic E-state index is 14.0. The van der Waals surface area contributed by atoms with Crippen LogP contribution in [0.25, 0.3) is 0 Å². The smallest absolute Gasteiger partial charge is 0.318 e. The fourth-order valence-electron chi connectivity index (χ4n) is 3.66. The molecule has 1 saturated heterocycles. The first kappa shape index (κ1) is 17.6. The molecule has 0 spiro atoms. The number of para-hydroxylation sites is 1. The van der Waals surface area contributed by atoms with Crippen molar-refractivity contribution in [1.29, 1.82) is 0 Å². The monoisotopic (exact) mass is 369 g/mol. The second-order valence-electron chi connectivity index (χ2n) is 7.17. The van der Waals surface area contributed by atoms with Gasteiger partial charge < -0.3 is 19.9 Å². The SMILES string of the molecule is COc1ccc(C2(NC(=O)N3CCN(c4ccccc4F)CC3)CC2)cc1. The van der Waals surface area contributed by atoms with Gasteiger partial charge in [-0.25, -0.2) is 9.18 Å². The largest absolute Gasteiger partial charge is 0.497 e. The maximum atomic E-state index is 14.0. The third-order valence-electron chi connectivity index (χ3n) is 5.50. The number of urea groups is 1. The minimum absolute atomic E-state index is 0.0449. The summed E-state index contributed by atoms with van der Waals surface area (Å²) in [4.78, 5) is 16.6. The van der Waals surface area contributed by atoms with Crippen molar-refractivity contribution in [3.63, 3.8) is 0 Å². The Labute approximate surface area is 158 Å². The van der Waals surface area contributed by atoms with Crippen LogP contribution in [-0.4, -0.2) is 44.2 Å². The molecule has 0 atom stereocenters. The number of halogens is 1. The summed E-state index contributed by atoms with van der Waals surface area (Å²) in [5.41, 5.74) is 1.46. The average Bonchev–Trinajstić information content (AvgIpc) is 3.49. The van der Waals surface area contributed by atoms with Crippen LogP contribution in [0.5, 0.6) is 5.75 Å². The number of rotatable bonds is 4. The van der Waals surface area contributed by atoms with Crippen LogP contribution in [0.3, 0.4) is 0 Å². The van der Waals surface area contributed by atoms with Gasteiger partial charge in [0, 0.05) is 26.2 Å². The van der Waals surface area contributed by atoms with Gasteiger partial charge in [-0.1, -0.05) is 24.3 Å². The Morgan fingerprint density at radius 1 is 1.04 bits per heavy atom. The molecule has 0 radical (unpaired) electrons. The van der Waals surface area contributed by atoms with Crippen LogP contribution >= 0.6 is 0 Å². The quantitative estimate of drug-likeness (QED) is 0.899. The minimum Gasteiger partial charge on any atom is -0.497 e. The Morgan fingerprint density at radius 2 is 1.70 bits per heavy atom. The molecule has 2 aromatic carbocycles. The highest BCUT2D eigenvalue weighted by molar-refractivity contribution is 5.76. The van der Waals surface area contributed by atoms with Crippen molar-refractivity contribution in [2.24, 2.45) is 0 Å². The van der Waals surface area contributed by atoms with E-state index >= 15 is 0 Å². The molecule has 2 amide bonds. The molecule has 5 nitrogen and oxygen atoms in total. The number of hydrogen-bond donors (Lipinski definition) is 1. The molecule has 2 fully saturated rings. The molecular formula is C21H24FN3O2. The van der Waals surface area contributed by atoms with E-state index in [1.165, 1.54) is 6.07 Å². The lowest BCUT2D eigenvalue weighted by molar-refractivity contribution is 0.188. The maximum Gasteiger partial charge on any atom is 0.318 e. The number of benzene rings is 2. The van der Waals surface area contributed by atoms with Gasteiger partial charge in [0.1, 0.15) is 11.6 Å². The lowest BCUT2D eigenvalue weighted by Gasteiger charge is -2.37. The summed E-state index contributed by atoms with van der Waals surface area (Å²) >= 11 is 0. The topological polar surface area (TPSA) is 44.8 Å². The molecule has 27 heavy (non-hydrogen) atoms. The first-order valence-electron chi connectivity index (χ1n) is 9.32. The van der Waals surface area contributed by atoms with Crippen LogP contribution < -0.4 is 15.0 Å². The molecule has 2 aromatic rings. The summed E-state index contributed by atoms with van der Waals surface area (Å²) < 4.78 is 19.2. The first-order valence-corrected chi connectivity index (χ1v) is 9.32. The highest BCUT2D eigenvalue weighted by Crippen LogP contribution is 2.46. The van der Waals surface area contributed by atoms with Gasteiger partial charge in [-0.3, -0.25) is 0 Å². The van der Waals surface area contributed by atoms with Gasteiger partial charge in [0.15, 0.2) is 0 Å². The van der Waals surface area contributed by atoms with Crippen LogP contribution in [-0.2, 0) is 5.54 Å². The summed E-state index contributed by atoms with van der Waals surface area (Å²) in [6, 6.07) is 14.6. The summed E-state index contributed by atoms with van der Waals surface area (Å²) in [7, 11) is 1.64. The van der Waals surface area contributed by atoms with E-state index in [-0.39, 0.29) is 17.4 Å². The molecular weight excluding hydrogens is 345 g/mol. The van der Waals surface area contributed by atoms with Crippen molar-refractivity contribution < 1.29 is 13.9 Å². The molecule has 1 heterocycles. The Hall–Kier alpha value is -2.76. The number of methoxy groups -OCH3 is 1. The fraction of sp³-hybridized carbons (Fsp3) is 0.381. The normalized spacial score (nSPS) is 18.1. The number of hydrogen-bond acceptors (Lipinski definition) is 3. The molecule has 4 rings (SSSR count). The molecule has 2 aliphatic rings. The number of carbonyl (C=O) groups is 1. The predicted octanol–water partition coefficient (Wildman–Crippen LogP) is 3.36. The van der Waals surface area contributed by atoms with Crippen molar-refractivity contribution in [2.45, 2.75) is 18.4 Å². The summed E-state index contributed by atoms with van der Waals surface area (Å²) in [5.74, 6) is 0.594. The lowest BCUT2D eigenvalue weighted by atomic mass is 10.0. The van der Waals surface area contributed by atoms with Crippen LogP contribution in [0.4, 0.5) is 14.9 Å². The van der Waals surface area contributed by atoms with Crippen LogP contribution in [0.1, 0.15) is 18.4 Å². The zero-order chi connectivity index (χ0) is 18.9. The lowest BCUT2D eigenvalue weighted by Crippen LogP contribution is -2.53. The number of carbonyl (C=O) groups excluding carboxylic acids is 1. The van der Waals surface area contributed by atoms with E-state index in [1.807, 2.05) is 40.1 Å². The summed E-state index contributed by atoms with van der Waals surface area (Å²) in [6.07, 6.45) is 1.89. The van der Waals surface area contributed by atoms with Crippen molar-refractivity contribution in [1.82, 2.24) is 10.2 Å². The number of nitrogens with zero attached hydrogens (tertiary/aromatic N) is 2. The highest BCUT2D eigenvalue weighted by Gasteiger charge is 2.46. The van der Waals surface area contributed by atoms with Crippen molar-refractivity contribution in [3.05, 3.63) is 59.9 Å². The van der Waals surface area contributed by atoms with Crippen LogP contribution in [0, 0.1) is 5.82 Å². The Bertz CT molecular complexity index is 812. The number of anilines is 1. The fourth-order valence-corrected chi connectivity index (χ4v) is 3.66. The van der Waals surface area contributed by atoms with E-state index in [0.29, 0.717) is 31.9 Å². The molecule has 1 saturated carbocycles. The van der Waals surface area contributed by atoms with Crippen molar-refractivity contribution in [3.8, 4) is 5.75 Å². The van der Waals surface area contributed by atoms with Gasteiger partial charge in [-0.2, -0.15) is 0 Å². The molecule has 142 valence electrons. The van der Waals surface area contributed by atoms with E-state index in [1.54, 1.807) is 19.2 Å². The Morgan fingerprint density at radius 3 is 2.30 bits per heavy atom. The van der Waals surface area contributed by atoms with Gasteiger partial charge in [0.05, 0.1) is 18.3 Å². The second-order valence-corrected chi connectivity index (χ2v) is 7.17. The van der Waals surface area contributed by atoms with E-state index in [2.05, 4.69) is 5.32 Å². The summed E-state index contributed by atoms with van der Waals surface area (Å²) in [5, 5.41) is 3.21. The zero-order valence-electron chi connectivity index (χ0n) is 15.5. The van der Waals surface area contributed by atoms with E-state index in [9.17, 15) is 9.18 Å². The number of nitrogens with one attached hydrogen (secondary N) is 1. The van der Waals surface area contributed by atoms with E-state index in [0.717, 1.165) is 24.2 Å². The second kappa shape index (κ2) is 7.10. The third-order valence-corrected chi connectivity index (χ3v) is 5.50. The first-order chi connectivity index (χ1) is 13.1. The molecule has 0 unspecified atom stereocenters. The predicted molar refractivity (Wildman–Crippen MR) is 103 cm³/mol. The zero-order valence-corrected chi connectivity index (χ0v) is 15.5. The van der Waals surface area contributed by atoms with Crippen LogP contribution in [0.2, 0.25) is 0 Å². The van der Waals surface area contributed by atoms with Gasteiger partial charge in [0.25, 0.3) is 0 Å². The molecule has 0 bridgehead atoms. The molecule has 1 aliphatic heterocycles. The minimum atomic E-state index is -0.258. The van der Waals surface area contributed by atoms with Gasteiger partial charge in [-0.05, 0) is 42.7 Å². The number of ether oxygens (including phenoxy) is 1. The van der Waals surface area contributed by atoms with Gasteiger partial charge >= 0.3 is 6.03 Å². The third kappa shape index (κ3) is 3.56. The van der Waals surface area contributed by atoms with Gasteiger partial charge in [-0.15, -0.1) is 0 Å². The number of amides is 2. The van der Waals surface area contributed by atoms with E-state index in [4.69, 9.17) is 4.74 Å². The molecule has 6 heteroatoms. The molecule has 1 N–H and O–H groups in total. The van der Waals surface area contributed by atoms with Gasteiger partial charge in [0.2, 0.25) is 0 Å². The highest BCUT2D eigenvalue weighted by atomic mass is 19.1. The average molecular weight is 369 g/mol. The number of piperazine rings is 1. The molecule has 1 aliphatic carbocycles. The summed E-state index contributed by atoms with van der Waals surface area (Å²) in [6.45, 7) is 2.42. The Balaban J connectivity index is 1.36. The standard InChI is InChI=1S/C21H24FN3O2/c1-27-17-8-6-16(7-9-17)21(10-11-21)23-20(26)25-14-12-24(13-15-25)19-5-3-2-4-18(19)22/h2-9H,10-15H2,1H3,(H,23,26). The van der Waals surface area contributed by atoms with Crippen molar-refractivity contribution >= 4 is 11.7 Å².